The van der Waals surface area contributed by atoms with Crippen molar-refractivity contribution >= 4 is 11.6 Å². The molecule has 94 valence electrons. The normalized spacial score (nSPS) is 20.3. The largest absolute Gasteiger partial charge is 0.495 e. The lowest BCUT2D eigenvalue weighted by Crippen LogP contribution is -2.30. The molecule has 17 heavy (non-hydrogen) atoms. The van der Waals surface area contributed by atoms with E-state index in [4.69, 9.17) is 16.3 Å². The van der Waals surface area contributed by atoms with Crippen LogP contribution in [0, 0.1) is 12.8 Å². The summed E-state index contributed by atoms with van der Waals surface area (Å²) in [6.07, 6.45) is 3.71. The number of rotatable bonds is 3. The standard InChI is InChI=1S/C14H20ClNO/c1-10-6-14(17-2)13(15)8-12(10)7-11-4-3-5-16-9-11/h6,8,11,16H,3-5,7,9H2,1-2H3. The van der Waals surface area contributed by atoms with Crippen LogP contribution in [-0.4, -0.2) is 20.2 Å². The minimum Gasteiger partial charge on any atom is -0.495 e. The second-order valence-corrected chi connectivity index (χ2v) is 5.24. The molecule has 0 bridgehead atoms. The third-order valence-corrected chi connectivity index (χ3v) is 3.81. The minimum absolute atomic E-state index is 0.719. The van der Waals surface area contributed by atoms with Gasteiger partial charge in [0.25, 0.3) is 0 Å². The molecule has 0 radical (unpaired) electrons. The summed E-state index contributed by atoms with van der Waals surface area (Å²) < 4.78 is 5.23. The van der Waals surface area contributed by atoms with Gasteiger partial charge in [0, 0.05) is 0 Å². The van der Waals surface area contributed by atoms with Gasteiger partial charge in [-0.05, 0) is 68.5 Å². The molecule has 2 nitrogen and oxygen atoms in total. The third kappa shape index (κ3) is 3.14. The van der Waals surface area contributed by atoms with Crippen molar-refractivity contribution in [2.24, 2.45) is 5.92 Å². The first kappa shape index (κ1) is 12.7. The zero-order valence-electron chi connectivity index (χ0n) is 10.6. The van der Waals surface area contributed by atoms with Crippen molar-refractivity contribution in [1.29, 1.82) is 0 Å². The minimum atomic E-state index is 0.719. The van der Waals surface area contributed by atoms with E-state index in [1.54, 1.807) is 7.11 Å². The number of benzene rings is 1. The quantitative estimate of drug-likeness (QED) is 0.893. The second kappa shape index (κ2) is 5.74. The van der Waals surface area contributed by atoms with Gasteiger partial charge in [0.1, 0.15) is 5.75 Å². The van der Waals surface area contributed by atoms with E-state index in [1.807, 2.05) is 6.07 Å². The Labute approximate surface area is 108 Å². The Morgan fingerprint density at radius 1 is 1.47 bits per heavy atom. The molecule has 1 heterocycles. The average Bonchev–Trinajstić information content (AvgIpc) is 2.34. The summed E-state index contributed by atoms with van der Waals surface area (Å²) in [5.74, 6) is 1.52. The van der Waals surface area contributed by atoms with Crippen LogP contribution in [0.5, 0.6) is 5.75 Å². The Kier molecular flexibility index (Phi) is 4.30. The number of hydrogen-bond acceptors (Lipinski definition) is 2. The molecular weight excluding hydrogens is 234 g/mol. The maximum atomic E-state index is 6.18. The van der Waals surface area contributed by atoms with Crippen molar-refractivity contribution in [3.63, 3.8) is 0 Å². The van der Waals surface area contributed by atoms with E-state index in [0.717, 1.165) is 29.7 Å². The lowest BCUT2D eigenvalue weighted by atomic mass is 9.90. The molecule has 1 aromatic carbocycles. The van der Waals surface area contributed by atoms with Gasteiger partial charge in [0.2, 0.25) is 0 Å². The summed E-state index contributed by atoms with van der Waals surface area (Å²) in [6, 6.07) is 4.10. The van der Waals surface area contributed by atoms with Crippen LogP contribution in [-0.2, 0) is 6.42 Å². The van der Waals surface area contributed by atoms with Crippen molar-refractivity contribution in [3.05, 3.63) is 28.3 Å². The number of methoxy groups -OCH3 is 1. The molecular formula is C14H20ClNO. The Bertz CT molecular complexity index is 386. The molecule has 2 rings (SSSR count). The van der Waals surface area contributed by atoms with Gasteiger partial charge in [0.15, 0.2) is 0 Å². The third-order valence-electron chi connectivity index (χ3n) is 3.52. The van der Waals surface area contributed by atoms with E-state index in [1.165, 1.54) is 30.5 Å². The smallest absolute Gasteiger partial charge is 0.137 e. The number of hydrogen-bond donors (Lipinski definition) is 1. The van der Waals surface area contributed by atoms with Crippen LogP contribution in [0.1, 0.15) is 24.0 Å². The van der Waals surface area contributed by atoms with Crippen LogP contribution >= 0.6 is 11.6 Å². The fourth-order valence-electron chi connectivity index (χ4n) is 2.48. The molecule has 1 N–H and O–H groups in total. The van der Waals surface area contributed by atoms with E-state index >= 15 is 0 Å². The van der Waals surface area contributed by atoms with Crippen molar-refractivity contribution in [2.45, 2.75) is 26.2 Å². The van der Waals surface area contributed by atoms with Gasteiger partial charge in [-0.25, -0.2) is 0 Å². The molecule has 3 heteroatoms. The predicted octanol–water partition coefficient (Wildman–Crippen LogP) is 3.20. The lowest BCUT2D eigenvalue weighted by Gasteiger charge is -2.23. The highest BCUT2D eigenvalue weighted by Crippen LogP contribution is 2.29. The van der Waals surface area contributed by atoms with Crippen LogP contribution < -0.4 is 10.1 Å². The lowest BCUT2D eigenvalue weighted by molar-refractivity contribution is 0.375. The topological polar surface area (TPSA) is 21.3 Å². The predicted molar refractivity (Wildman–Crippen MR) is 72.0 cm³/mol. The fourth-order valence-corrected chi connectivity index (χ4v) is 2.75. The number of halogens is 1. The zero-order valence-corrected chi connectivity index (χ0v) is 11.3. The van der Waals surface area contributed by atoms with E-state index in [9.17, 15) is 0 Å². The van der Waals surface area contributed by atoms with E-state index in [-0.39, 0.29) is 0 Å². The Morgan fingerprint density at radius 3 is 2.94 bits per heavy atom. The molecule has 1 fully saturated rings. The summed E-state index contributed by atoms with van der Waals surface area (Å²) in [5.41, 5.74) is 2.63. The van der Waals surface area contributed by atoms with Gasteiger partial charge in [-0.2, -0.15) is 0 Å². The molecule has 1 aromatic rings. The summed E-state index contributed by atoms with van der Waals surface area (Å²) in [5, 5.41) is 4.17. The van der Waals surface area contributed by atoms with Crippen molar-refractivity contribution < 1.29 is 4.74 Å². The first-order valence-corrected chi connectivity index (χ1v) is 6.62. The Hall–Kier alpha value is -0.730. The molecule has 1 aliphatic heterocycles. The van der Waals surface area contributed by atoms with Crippen molar-refractivity contribution in [2.75, 3.05) is 20.2 Å². The molecule has 0 spiro atoms. The highest BCUT2D eigenvalue weighted by molar-refractivity contribution is 6.32. The number of piperidine rings is 1. The van der Waals surface area contributed by atoms with E-state index in [2.05, 4.69) is 18.3 Å². The average molecular weight is 254 g/mol. The van der Waals surface area contributed by atoms with Crippen molar-refractivity contribution in [3.8, 4) is 5.75 Å². The summed E-state index contributed by atoms with van der Waals surface area (Å²) in [7, 11) is 1.66. The van der Waals surface area contributed by atoms with E-state index < -0.39 is 0 Å². The van der Waals surface area contributed by atoms with Gasteiger partial charge in [-0.3, -0.25) is 0 Å². The molecule has 1 aliphatic rings. The van der Waals surface area contributed by atoms with Gasteiger partial charge >= 0.3 is 0 Å². The summed E-state index contributed by atoms with van der Waals surface area (Å²) in [4.78, 5) is 0. The fraction of sp³-hybridized carbons (Fsp3) is 0.571. The highest BCUT2D eigenvalue weighted by atomic mass is 35.5. The summed E-state index contributed by atoms with van der Waals surface area (Å²) in [6.45, 7) is 4.42. The molecule has 1 unspecified atom stereocenters. The molecule has 0 aliphatic carbocycles. The van der Waals surface area contributed by atoms with Gasteiger partial charge < -0.3 is 10.1 Å². The number of aryl methyl sites for hydroxylation is 1. The number of nitrogens with one attached hydrogen (secondary N) is 1. The van der Waals surface area contributed by atoms with Crippen LogP contribution in [0.15, 0.2) is 12.1 Å². The second-order valence-electron chi connectivity index (χ2n) is 4.83. The monoisotopic (exact) mass is 253 g/mol. The van der Waals surface area contributed by atoms with Gasteiger partial charge in [0.05, 0.1) is 12.1 Å². The maximum absolute atomic E-state index is 6.18. The molecule has 1 atom stereocenters. The van der Waals surface area contributed by atoms with Crippen LogP contribution in [0.3, 0.4) is 0 Å². The first-order chi connectivity index (χ1) is 8.20. The summed E-state index contributed by atoms with van der Waals surface area (Å²) >= 11 is 6.18. The first-order valence-electron chi connectivity index (χ1n) is 6.24. The van der Waals surface area contributed by atoms with Crippen molar-refractivity contribution in [1.82, 2.24) is 5.32 Å². The SMILES string of the molecule is COc1cc(C)c(CC2CCCNC2)cc1Cl. The van der Waals surface area contributed by atoms with Gasteiger partial charge in [-0.15, -0.1) is 0 Å². The van der Waals surface area contributed by atoms with Gasteiger partial charge in [-0.1, -0.05) is 11.6 Å². The highest BCUT2D eigenvalue weighted by Gasteiger charge is 2.15. The zero-order chi connectivity index (χ0) is 12.3. The molecule has 0 amide bonds. The van der Waals surface area contributed by atoms with Crippen LogP contribution in [0.4, 0.5) is 0 Å². The Morgan fingerprint density at radius 2 is 2.29 bits per heavy atom. The van der Waals surface area contributed by atoms with Crippen LogP contribution in [0.2, 0.25) is 5.02 Å². The van der Waals surface area contributed by atoms with Crippen LogP contribution in [0.25, 0.3) is 0 Å². The van der Waals surface area contributed by atoms with E-state index in [0.29, 0.717) is 0 Å². The maximum Gasteiger partial charge on any atom is 0.137 e. The molecule has 0 aromatic heterocycles. The number of ether oxygens (including phenoxy) is 1. The molecule has 1 saturated heterocycles. The molecule has 0 saturated carbocycles. The Balaban J connectivity index is 2.12.